The van der Waals surface area contributed by atoms with Crippen LogP contribution in [-0.4, -0.2) is 127 Å². The topological polar surface area (TPSA) is 234 Å². The Balaban J connectivity index is 2.24. The molecule has 2 saturated heterocycles. The Labute approximate surface area is 353 Å². The Morgan fingerprint density at radius 2 is 1.52 bits per heavy atom. The number of carbonyl (C=O) groups is 8. The first-order chi connectivity index (χ1) is 28.2. The van der Waals surface area contributed by atoms with E-state index in [1.807, 2.05) is 13.8 Å². The summed E-state index contributed by atoms with van der Waals surface area (Å²) in [6.07, 6.45) is -0.0926. The van der Waals surface area contributed by atoms with Crippen LogP contribution in [0.2, 0.25) is 0 Å². The molecule has 0 saturated carbocycles. The van der Waals surface area contributed by atoms with Crippen LogP contribution >= 0.6 is 0 Å². The normalized spacial score (nSPS) is 25.9. The van der Waals surface area contributed by atoms with E-state index in [0.29, 0.717) is 30.7 Å². The Morgan fingerprint density at radius 3 is 2.07 bits per heavy atom. The second kappa shape index (κ2) is 22.4. The van der Waals surface area contributed by atoms with Crippen LogP contribution in [0.25, 0.3) is 0 Å². The minimum Gasteiger partial charge on any atom is -0.497 e. The number of benzene rings is 1. The average molecular weight is 843 g/mol. The summed E-state index contributed by atoms with van der Waals surface area (Å²) < 4.78 is 11.2. The summed E-state index contributed by atoms with van der Waals surface area (Å²) in [5.41, 5.74) is 3.63. The number of carbonyl (C=O) groups excluding carboxylic acids is 8. The average Bonchev–Trinajstić information content (AvgIpc) is 3.18. The maximum atomic E-state index is 14.5. The Bertz CT molecular complexity index is 1690. The highest BCUT2D eigenvalue weighted by Gasteiger charge is 2.43. The van der Waals surface area contributed by atoms with Crippen molar-refractivity contribution < 1.29 is 47.8 Å². The van der Waals surface area contributed by atoms with Gasteiger partial charge in [-0.3, -0.25) is 38.6 Å². The fourth-order valence-corrected chi connectivity index (χ4v) is 7.42. The smallest absolute Gasteiger partial charge is 0.329 e. The number of nitrogens with one attached hydrogen (secondary N) is 6. The summed E-state index contributed by atoms with van der Waals surface area (Å²) in [6, 6.07) is -1.81. The van der Waals surface area contributed by atoms with E-state index >= 15 is 0 Å². The number of nitrogens with zero attached hydrogens (tertiary/aromatic N) is 2. The molecule has 0 radical (unpaired) electrons. The fraction of sp³-hybridized carbons (Fsp3) is 0.667. The first-order valence-electron chi connectivity index (χ1n) is 20.8. The van der Waals surface area contributed by atoms with Gasteiger partial charge in [0, 0.05) is 20.0 Å². The number of hydrogen-bond acceptors (Lipinski definition) is 11. The molecule has 2 heterocycles. The fourth-order valence-electron chi connectivity index (χ4n) is 7.42. The maximum absolute atomic E-state index is 14.5. The monoisotopic (exact) mass is 842 g/mol. The van der Waals surface area contributed by atoms with E-state index in [0.717, 1.165) is 0 Å². The molecular formula is C42H66N8O10. The number of ether oxygens (including phenoxy) is 2. The van der Waals surface area contributed by atoms with Gasteiger partial charge in [-0.25, -0.2) is 10.2 Å². The van der Waals surface area contributed by atoms with Crippen molar-refractivity contribution in [3.63, 3.8) is 0 Å². The number of cyclic esters (lactones) is 1. The Hall–Kier alpha value is -5.26. The van der Waals surface area contributed by atoms with Crippen molar-refractivity contribution >= 4 is 47.8 Å². The number of methoxy groups -OCH3 is 1. The highest BCUT2D eigenvalue weighted by Crippen LogP contribution is 2.21. The molecule has 0 bridgehead atoms. The molecule has 2 fully saturated rings. The molecule has 0 aromatic heterocycles. The molecule has 3 rings (SSSR count). The molecule has 60 heavy (non-hydrogen) atoms. The summed E-state index contributed by atoms with van der Waals surface area (Å²) in [5, 5.41) is 14.7. The van der Waals surface area contributed by atoms with Crippen molar-refractivity contribution in [3.8, 4) is 5.75 Å². The van der Waals surface area contributed by atoms with Crippen LogP contribution in [0.5, 0.6) is 5.75 Å². The standard InChI is InChI=1S/C42H66N8O10/c1-22(2)19-30-40(56)49(10)35(25(7)8)42(58)60-26(9)34(48-38(54)32(23(3)4)43-21-51)39(55)45-29(20-27-14-16-28(59-11)17-15-27)36(52)47-33(24(5)6)41(57)50-31(37(53)46-30)13-12-18-44-50/h14-17,21-26,29-35,44H,12-13,18-20H2,1-11H3,(H,43,51)(H,45,55)(H,46,53)(H,47,52)(H,48,54). The van der Waals surface area contributed by atoms with Crippen LogP contribution in [0.3, 0.4) is 0 Å². The van der Waals surface area contributed by atoms with Gasteiger partial charge in [-0.05, 0) is 67.6 Å². The number of hydrazine groups is 1. The lowest BCUT2D eigenvalue weighted by molar-refractivity contribution is -0.163. The third kappa shape index (κ3) is 12.9. The molecule has 0 spiro atoms. The highest BCUT2D eigenvalue weighted by molar-refractivity contribution is 5.98. The molecule has 7 amide bonds. The molecule has 18 nitrogen and oxygen atoms in total. The van der Waals surface area contributed by atoms with Crippen LogP contribution in [-0.2, 0) is 49.5 Å². The predicted molar refractivity (Wildman–Crippen MR) is 221 cm³/mol. The minimum absolute atomic E-state index is 0.0707. The van der Waals surface area contributed by atoms with Crippen molar-refractivity contribution in [2.75, 3.05) is 20.7 Å². The highest BCUT2D eigenvalue weighted by atomic mass is 16.5. The van der Waals surface area contributed by atoms with E-state index in [4.69, 9.17) is 9.47 Å². The number of hydrogen-bond donors (Lipinski definition) is 6. The summed E-state index contributed by atoms with van der Waals surface area (Å²) >= 11 is 0. The van der Waals surface area contributed by atoms with Crippen LogP contribution in [0.1, 0.15) is 87.1 Å². The van der Waals surface area contributed by atoms with E-state index in [-0.39, 0.29) is 25.2 Å². The molecule has 8 atom stereocenters. The molecule has 2 aliphatic heterocycles. The lowest BCUT2D eigenvalue weighted by Gasteiger charge is -2.39. The second-order valence-electron chi connectivity index (χ2n) is 17.1. The van der Waals surface area contributed by atoms with Gasteiger partial charge in [-0.1, -0.05) is 67.5 Å². The van der Waals surface area contributed by atoms with E-state index < -0.39 is 108 Å². The molecule has 0 aliphatic carbocycles. The van der Waals surface area contributed by atoms with Crippen molar-refractivity contribution in [1.29, 1.82) is 0 Å². The summed E-state index contributed by atoms with van der Waals surface area (Å²) in [4.78, 5) is 112. The van der Waals surface area contributed by atoms with Gasteiger partial charge in [-0.15, -0.1) is 0 Å². The number of esters is 1. The van der Waals surface area contributed by atoms with Gasteiger partial charge in [0.2, 0.25) is 35.9 Å². The number of likely N-dealkylation sites (N-methyl/N-ethyl adjacent to an activating group) is 1. The third-order valence-electron chi connectivity index (χ3n) is 10.8. The lowest BCUT2D eigenvalue weighted by atomic mass is 9.97. The number of amides is 7. The molecule has 334 valence electrons. The molecule has 1 aromatic rings. The van der Waals surface area contributed by atoms with Gasteiger partial charge in [-0.2, -0.15) is 0 Å². The van der Waals surface area contributed by atoms with E-state index in [2.05, 4.69) is 32.0 Å². The molecule has 2 aliphatic rings. The largest absolute Gasteiger partial charge is 0.497 e. The van der Waals surface area contributed by atoms with Crippen LogP contribution in [0.15, 0.2) is 24.3 Å². The van der Waals surface area contributed by atoms with E-state index in [9.17, 15) is 38.4 Å². The Kier molecular flexibility index (Phi) is 18.3. The molecule has 6 N–H and O–H groups in total. The molecule has 18 heteroatoms. The van der Waals surface area contributed by atoms with Gasteiger partial charge in [0.25, 0.3) is 5.91 Å². The lowest BCUT2D eigenvalue weighted by Crippen LogP contribution is -2.66. The van der Waals surface area contributed by atoms with Crippen LogP contribution < -0.4 is 36.7 Å². The Morgan fingerprint density at radius 1 is 0.883 bits per heavy atom. The van der Waals surface area contributed by atoms with Gasteiger partial charge in [0.1, 0.15) is 54.1 Å². The number of fused-ring (bicyclic) bond motifs is 1. The van der Waals surface area contributed by atoms with Crippen LogP contribution in [0.4, 0.5) is 0 Å². The van der Waals surface area contributed by atoms with Gasteiger partial charge < -0.3 is 41.0 Å². The minimum atomic E-state index is -1.62. The first kappa shape index (κ1) is 49.1. The van der Waals surface area contributed by atoms with Crippen molar-refractivity contribution in [2.45, 2.75) is 136 Å². The third-order valence-corrected chi connectivity index (χ3v) is 10.8. The van der Waals surface area contributed by atoms with Crippen molar-refractivity contribution in [1.82, 2.24) is 41.9 Å². The van der Waals surface area contributed by atoms with E-state index in [1.165, 1.54) is 31.0 Å². The predicted octanol–water partition coefficient (Wildman–Crippen LogP) is 0.574. The summed E-state index contributed by atoms with van der Waals surface area (Å²) in [7, 11) is 2.93. The zero-order valence-corrected chi connectivity index (χ0v) is 36.8. The quantitative estimate of drug-likeness (QED) is 0.126. The van der Waals surface area contributed by atoms with Gasteiger partial charge in [0.15, 0.2) is 0 Å². The molecular weight excluding hydrogens is 777 g/mol. The van der Waals surface area contributed by atoms with E-state index in [1.54, 1.807) is 65.8 Å². The second-order valence-corrected chi connectivity index (χ2v) is 17.1. The summed E-state index contributed by atoms with van der Waals surface area (Å²) in [5.74, 6) is -6.02. The van der Waals surface area contributed by atoms with Gasteiger partial charge >= 0.3 is 5.97 Å². The van der Waals surface area contributed by atoms with Gasteiger partial charge in [0.05, 0.1) is 7.11 Å². The molecule has 8 unspecified atom stereocenters. The SMILES string of the molecule is COc1ccc(CC2NC(=O)C(NC(=O)C(NC=O)C(C)C)C(C)OC(=O)C(C(C)C)N(C)C(=O)C(CC(C)C)NC(=O)C3CCCNN3C(=O)C(C(C)C)NC2=O)cc1. The summed E-state index contributed by atoms with van der Waals surface area (Å²) in [6.45, 7) is 15.8. The molecule has 1 aromatic carbocycles. The van der Waals surface area contributed by atoms with Crippen molar-refractivity contribution in [3.05, 3.63) is 29.8 Å². The zero-order chi connectivity index (χ0) is 45.0. The van der Waals surface area contributed by atoms with Crippen molar-refractivity contribution in [2.24, 2.45) is 23.7 Å². The van der Waals surface area contributed by atoms with Crippen LogP contribution in [0, 0.1) is 23.7 Å². The number of rotatable bonds is 12. The first-order valence-corrected chi connectivity index (χ1v) is 20.8. The zero-order valence-electron chi connectivity index (χ0n) is 36.8. The maximum Gasteiger partial charge on any atom is 0.329 e.